The number of hydrogen-bond donors (Lipinski definition) is 0. The van der Waals surface area contributed by atoms with E-state index in [9.17, 15) is 27.2 Å². The van der Waals surface area contributed by atoms with Crippen molar-refractivity contribution in [3.8, 4) is 5.75 Å². The number of carbonyl (C=O) groups is 2. The summed E-state index contributed by atoms with van der Waals surface area (Å²) in [6.45, 7) is 5.55. The fourth-order valence-corrected chi connectivity index (χ4v) is 4.69. The lowest BCUT2D eigenvalue weighted by Crippen LogP contribution is -2.42. The van der Waals surface area contributed by atoms with Crippen LogP contribution in [-0.2, 0) is 20.5 Å². The molecule has 0 aliphatic rings. The van der Waals surface area contributed by atoms with Gasteiger partial charge in [0.05, 0.1) is 12.2 Å². The van der Waals surface area contributed by atoms with Crippen molar-refractivity contribution in [1.29, 1.82) is 0 Å². The Morgan fingerprint density at radius 1 is 0.692 bits per heavy atom. The minimum absolute atomic E-state index is 0.0145. The fourth-order valence-electron chi connectivity index (χ4n) is 4.69. The molecule has 0 aromatic heterocycles. The van der Waals surface area contributed by atoms with Crippen LogP contribution in [0.5, 0.6) is 5.75 Å². The maximum Gasteiger partial charge on any atom is 0.419 e. The topological polar surface area (TPSA) is 52.6 Å². The molecule has 39 heavy (non-hydrogen) atoms. The fraction of sp³-hybridized carbons (Fsp3) is 0.742. The van der Waals surface area contributed by atoms with Gasteiger partial charge in [-0.3, -0.25) is 9.59 Å². The Morgan fingerprint density at radius 3 is 1.59 bits per heavy atom. The first kappa shape index (κ1) is 34.9. The van der Waals surface area contributed by atoms with Gasteiger partial charge < -0.3 is 9.47 Å². The van der Waals surface area contributed by atoms with Gasteiger partial charge in [-0.15, -0.1) is 0 Å². The zero-order valence-electron chi connectivity index (χ0n) is 24.1. The Balaban J connectivity index is 2.33. The minimum atomic E-state index is -4.94. The summed E-state index contributed by atoms with van der Waals surface area (Å²) in [5.41, 5.74) is -3.25. The lowest BCUT2D eigenvalue weighted by atomic mass is 9.82. The molecule has 0 aliphatic heterocycles. The molecule has 0 unspecified atom stereocenters. The van der Waals surface area contributed by atoms with Crippen LogP contribution in [0.1, 0.15) is 135 Å². The monoisotopic (exact) mass is 560 g/mol. The summed E-state index contributed by atoms with van der Waals surface area (Å²) in [4.78, 5) is 25.7. The van der Waals surface area contributed by atoms with Gasteiger partial charge in [0.25, 0.3) is 0 Å². The molecule has 0 N–H and O–H groups in total. The van der Waals surface area contributed by atoms with E-state index in [0.29, 0.717) is 12.5 Å². The van der Waals surface area contributed by atoms with Crippen LogP contribution in [0.25, 0.3) is 0 Å². The number of halogens is 4. The number of benzene rings is 1. The predicted molar refractivity (Wildman–Crippen MR) is 146 cm³/mol. The third-order valence-electron chi connectivity index (χ3n) is 7.44. The van der Waals surface area contributed by atoms with Gasteiger partial charge in [0.2, 0.25) is 0 Å². The number of alkyl halides is 3. The molecule has 0 saturated carbocycles. The van der Waals surface area contributed by atoms with Crippen molar-refractivity contribution in [2.45, 2.75) is 136 Å². The Bertz CT molecular complexity index is 834. The summed E-state index contributed by atoms with van der Waals surface area (Å²) in [6, 6.07) is 2.44. The number of ether oxygens (including phenoxy) is 2. The van der Waals surface area contributed by atoms with E-state index in [0.717, 1.165) is 31.4 Å². The van der Waals surface area contributed by atoms with Crippen molar-refractivity contribution in [3.05, 3.63) is 29.6 Å². The zero-order chi connectivity index (χ0) is 29.2. The SMILES string of the molecule is CCCCCCCCCCCCCCCCCOC(=O)C(CC)(CC)C(=O)Oc1cccc(C(F)(F)F)c1F. The standard InChI is InChI=1S/C31H48F4O4/c1-4-7-8-9-10-11-12-13-14-15-16-17-18-19-20-24-38-28(36)30(5-2,6-3)29(37)39-26-23-21-22-25(27(26)32)31(33,34)35/h21-23H,4-20,24H2,1-3H3. The van der Waals surface area contributed by atoms with Crippen LogP contribution in [0, 0.1) is 11.2 Å². The Morgan fingerprint density at radius 2 is 1.15 bits per heavy atom. The summed E-state index contributed by atoms with van der Waals surface area (Å²) in [7, 11) is 0. The van der Waals surface area contributed by atoms with Gasteiger partial charge in [-0.2, -0.15) is 13.2 Å². The second kappa shape index (κ2) is 19.0. The number of esters is 2. The molecule has 8 heteroatoms. The van der Waals surface area contributed by atoms with Gasteiger partial charge in [-0.1, -0.05) is 117 Å². The highest BCUT2D eigenvalue weighted by Gasteiger charge is 2.47. The summed E-state index contributed by atoms with van der Waals surface area (Å²) in [5, 5.41) is 0. The van der Waals surface area contributed by atoms with Crippen molar-refractivity contribution < 1.29 is 36.6 Å². The van der Waals surface area contributed by atoms with Crippen LogP contribution < -0.4 is 4.74 Å². The summed E-state index contributed by atoms with van der Waals surface area (Å²) in [6.07, 6.45) is 13.3. The van der Waals surface area contributed by atoms with E-state index in [1.54, 1.807) is 13.8 Å². The molecule has 0 radical (unpaired) electrons. The van der Waals surface area contributed by atoms with E-state index in [-0.39, 0.29) is 19.4 Å². The molecule has 0 heterocycles. The normalized spacial score (nSPS) is 12.0. The van der Waals surface area contributed by atoms with Crippen LogP contribution in [-0.4, -0.2) is 18.5 Å². The number of unbranched alkanes of at least 4 members (excludes halogenated alkanes) is 14. The molecular weight excluding hydrogens is 512 g/mol. The third-order valence-corrected chi connectivity index (χ3v) is 7.44. The highest BCUT2D eigenvalue weighted by Crippen LogP contribution is 2.36. The van der Waals surface area contributed by atoms with E-state index in [1.807, 2.05) is 0 Å². The second-order valence-corrected chi connectivity index (χ2v) is 10.4. The second-order valence-electron chi connectivity index (χ2n) is 10.4. The van der Waals surface area contributed by atoms with E-state index < -0.39 is 40.7 Å². The maximum atomic E-state index is 14.3. The first-order chi connectivity index (χ1) is 18.6. The average molecular weight is 561 g/mol. The van der Waals surface area contributed by atoms with E-state index in [2.05, 4.69) is 6.92 Å². The largest absolute Gasteiger partial charge is 0.465 e. The molecule has 0 atom stereocenters. The Hall–Kier alpha value is -2.12. The maximum absolute atomic E-state index is 14.3. The summed E-state index contributed by atoms with van der Waals surface area (Å²) < 4.78 is 63.6. The zero-order valence-corrected chi connectivity index (χ0v) is 24.1. The Labute approximate surface area is 232 Å². The number of rotatable bonds is 21. The molecule has 0 spiro atoms. The minimum Gasteiger partial charge on any atom is -0.465 e. The molecule has 0 amide bonds. The van der Waals surface area contributed by atoms with E-state index in [4.69, 9.17) is 9.47 Å². The highest BCUT2D eigenvalue weighted by atomic mass is 19.4. The predicted octanol–water partition coefficient (Wildman–Crippen LogP) is 9.97. The highest BCUT2D eigenvalue weighted by molar-refractivity contribution is 6.00. The number of hydrogen-bond acceptors (Lipinski definition) is 4. The molecule has 0 aliphatic carbocycles. The van der Waals surface area contributed by atoms with Crippen LogP contribution in [0.2, 0.25) is 0 Å². The Kier molecular flexibility index (Phi) is 17.0. The van der Waals surface area contributed by atoms with Gasteiger partial charge in [0.1, 0.15) is 0 Å². The summed E-state index contributed by atoms with van der Waals surface area (Å²) in [5.74, 6) is -4.47. The molecule has 1 rings (SSSR count). The van der Waals surface area contributed by atoms with Crippen molar-refractivity contribution in [1.82, 2.24) is 0 Å². The first-order valence-corrected chi connectivity index (χ1v) is 14.9. The van der Waals surface area contributed by atoms with Crippen molar-refractivity contribution in [3.63, 3.8) is 0 Å². The van der Waals surface area contributed by atoms with Crippen LogP contribution in [0.4, 0.5) is 17.6 Å². The smallest absolute Gasteiger partial charge is 0.419 e. The lowest BCUT2D eigenvalue weighted by molar-refractivity contribution is -0.168. The van der Waals surface area contributed by atoms with Gasteiger partial charge in [-0.05, 0) is 31.4 Å². The van der Waals surface area contributed by atoms with Crippen LogP contribution in [0.3, 0.4) is 0 Å². The van der Waals surface area contributed by atoms with Gasteiger partial charge in [0, 0.05) is 0 Å². The molecule has 0 saturated heterocycles. The van der Waals surface area contributed by atoms with Crippen molar-refractivity contribution in [2.24, 2.45) is 5.41 Å². The summed E-state index contributed by atoms with van der Waals surface area (Å²) >= 11 is 0. The molecule has 4 nitrogen and oxygen atoms in total. The third kappa shape index (κ3) is 12.3. The van der Waals surface area contributed by atoms with Crippen LogP contribution in [0.15, 0.2) is 18.2 Å². The first-order valence-electron chi connectivity index (χ1n) is 14.9. The average Bonchev–Trinajstić information content (AvgIpc) is 2.90. The van der Waals surface area contributed by atoms with E-state index in [1.165, 1.54) is 70.6 Å². The molecular formula is C31H48F4O4. The molecule has 0 bridgehead atoms. The molecule has 224 valence electrons. The van der Waals surface area contributed by atoms with Crippen LogP contribution >= 0.6 is 0 Å². The van der Waals surface area contributed by atoms with Gasteiger partial charge >= 0.3 is 18.1 Å². The van der Waals surface area contributed by atoms with Gasteiger partial charge in [0.15, 0.2) is 17.0 Å². The van der Waals surface area contributed by atoms with Crippen molar-refractivity contribution >= 4 is 11.9 Å². The van der Waals surface area contributed by atoms with Gasteiger partial charge in [-0.25, -0.2) is 4.39 Å². The van der Waals surface area contributed by atoms with Crippen molar-refractivity contribution in [2.75, 3.05) is 6.61 Å². The number of carbonyl (C=O) groups excluding carboxylic acids is 2. The molecule has 1 aromatic carbocycles. The molecule has 1 aromatic rings. The lowest BCUT2D eigenvalue weighted by Gasteiger charge is -2.27. The molecule has 0 fully saturated rings. The quantitative estimate of drug-likeness (QED) is 0.0494. The van der Waals surface area contributed by atoms with E-state index >= 15 is 0 Å².